The van der Waals surface area contributed by atoms with Gasteiger partial charge in [0.1, 0.15) is 19.3 Å². The van der Waals surface area contributed by atoms with Gasteiger partial charge in [0.25, 0.3) is 0 Å². The van der Waals surface area contributed by atoms with E-state index in [1.165, 1.54) is 148 Å². The van der Waals surface area contributed by atoms with Crippen molar-refractivity contribution in [3.8, 4) is 0 Å². The topological polar surface area (TPSA) is 237 Å². The Hall–Kier alpha value is -1.94. The molecule has 6 atom stereocenters. The van der Waals surface area contributed by atoms with E-state index in [-0.39, 0.29) is 25.7 Å². The molecule has 0 saturated carbocycles. The third kappa shape index (κ3) is 63.5. The fourth-order valence-corrected chi connectivity index (χ4v) is 12.2. The number of hydrogen-bond acceptors (Lipinski definition) is 15. The number of rotatable bonds is 68. The Morgan fingerprint density at radius 3 is 0.789 bits per heavy atom. The largest absolute Gasteiger partial charge is 0.472 e. The first-order valence-corrected chi connectivity index (χ1v) is 39.7. The van der Waals surface area contributed by atoms with Gasteiger partial charge in [0, 0.05) is 25.7 Å². The van der Waals surface area contributed by atoms with Gasteiger partial charge < -0.3 is 33.8 Å². The lowest BCUT2D eigenvalue weighted by Gasteiger charge is -2.21. The van der Waals surface area contributed by atoms with Crippen molar-refractivity contribution in [1.29, 1.82) is 0 Å². The lowest BCUT2D eigenvalue weighted by Crippen LogP contribution is -2.30. The first-order valence-electron chi connectivity index (χ1n) is 36.7. The highest BCUT2D eigenvalue weighted by Gasteiger charge is 2.30. The number of aliphatic hydroxyl groups is 1. The predicted octanol–water partition coefficient (Wildman–Crippen LogP) is 20.1. The summed E-state index contributed by atoms with van der Waals surface area (Å²) in [5.74, 6) is 0.857. The van der Waals surface area contributed by atoms with E-state index < -0.39 is 97.5 Å². The highest BCUT2D eigenvalue weighted by atomic mass is 31.2. The molecule has 0 aromatic carbocycles. The average molecular weight is 1330 g/mol. The molecule has 19 heteroatoms. The molecule has 0 bridgehead atoms. The Balaban J connectivity index is 5.22. The Morgan fingerprint density at radius 2 is 0.533 bits per heavy atom. The molecule has 3 unspecified atom stereocenters. The molecule has 0 fully saturated rings. The monoisotopic (exact) mass is 1320 g/mol. The summed E-state index contributed by atoms with van der Waals surface area (Å²) < 4.78 is 68.3. The Labute approximate surface area is 549 Å². The quantitative estimate of drug-likeness (QED) is 0.0222. The summed E-state index contributed by atoms with van der Waals surface area (Å²) in [6, 6.07) is 0. The molecule has 534 valence electrons. The van der Waals surface area contributed by atoms with Gasteiger partial charge in [0.05, 0.1) is 26.4 Å². The molecular weight excluding hydrogens is 1190 g/mol. The highest BCUT2D eigenvalue weighted by Crippen LogP contribution is 2.45. The fourth-order valence-electron chi connectivity index (χ4n) is 10.6. The number of esters is 4. The molecule has 17 nitrogen and oxygen atoms in total. The second-order valence-electron chi connectivity index (χ2n) is 27.3. The van der Waals surface area contributed by atoms with Crippen LogP contribution in [0.2, 0.25) is 0 Å². The number of unbranched alkanes of at least 4 members (excludes halogenated alkanes) is 33. The summed E-state index contributed by atoms with van der Waals surface area (Å²) in [6.07, 6.45) is 43.2. The van der Waals surface area contributed by atoms with Crippen LogP contribution in [0.1, 0.15) is 351 Å². The zero-order chi connectivity index (χ0) is 66.8. The Morgan fingerprint density at radius 1 is 0.311 bits per heavy atom. The van der Waals surface area contributed by atoms with Crippen LogP contribution in [0, 0.1) is 23.7 Å². The number of phosphoric ester groups is 2. The summed E-state index contributed by atoms with van der Waals surface area (Å²) in [4.78, 5) is 72.5. The number of aliphatic hydroxyl groups excluding tert-OH is 1. The molecule has 0 aliphatic carbocycles. The average Bonchev–Trinajstić information content (AvgIpc) is 2.74. The van der Waals surface area contributed by atoms with Crippen LogP contribution in [0.4, 0.5) is 0 Å². The molecule has 0 aliphatic heterocycles. The summed E-state index contributed by atoms with van der Waals surface area (Å²) in [5.41, 5.74) is 0. The molecule has 0 aromatic rings. The van der Waals surface area contributed by atoms with Crippen LogP contribution >= 0.6 is 15.6 Å². The van der Waals surface area contributed by atoms with Crippen LogP contribution in [-0.2, 0) is 65.4 Å². The molecule has 0 aromatic heterocycles. The minimum Gasteiger partial charge on any atom is -0.462 e. The summed E-state index contributed by atoms with van der Waals surface area (Å²) in [5, 5.41) is 10.6. The van der Waals surface area contributed by atoms with Crippen LogP contribution in [0.15, 0.2) is 0 Å². The minimum absolute atomic E-state index is 0.104. The third-order valence-corrected chi connectivity index (χ3v) is 18.6. The zero-order valence-corrected chi connectivity index (χ0v) is 60.6. The minimum atomic E-state index is -4.95. The van der Waals surface area contributed by atoms with Gasteiger partial charge in [-0.25, -0.2) is 9.13 Å². The van der Waals surface area contributed by atoms with Crippen LogP contribution in [0.25, 0.3) is 0 Å². The van der Waals surface area contributed by atoms with Crippen LogP contribution < -0.4 is 0 Å². The van der Waals surface area contributed by atoms with Gasteiger partial charge in [-0.2, -0.15) is 0 Å². The van der Waals surface area contributed by atoms with E-state index in [1.54, 1.807) is 0 Å². The molecule has 90 heavy (non-hydrogen) atoms. The molecule has 0 saturated heterocycles. The van der Waals surface area contributed by atoms with Gasteiger partial charge >= 0.3 is 39.5 Å². The molecular formula is C71H138O17P2. The van der Waals surface area contributed by atoms with E-state index >= 15 is 0 Å². The molecule has 0 spiro atoms. The lowest BCUT2D eigenvalue weighted by atomic mass is 9.99. The summed E-state index contributed by atoms with van der Waals surface area (Å²) in [7, 11) is -9.90. The van der Waals surface area contributed by atoms with E-state index in [9.17, 15) is 43.2 Å². The van der Waals surface area contributed by atoms with E-state index in [2.05, 4.69) is 55.4 Å². The third-order valence-electron chi connectivity index (χ3n) is 16.7. The standard InChI is InChI=1S/C71H138O17P2/c1-9-64(8)50-42-34-25-18-14-12-10-11-13-15-19-27-37-45-53-70(75)87-66(57-81-68(73)51-43-35-26-22-21-24-32-40-48-62(4)5)59-85-89(77,78)83-55-65(72)56-84-90(79,80)86-60-67(58-82-69(74)52-44-36-30-29-33-41-49-63(6)7)88-71(76)54-46-38-28-20-16-17-23-31-39-47-61(2)3/h61-67,72H,9-60H2,1-8H3,(H,77,78)(H,79,80)/t64?,65-,66-,67-/m1/s1. The van der Waals surface area contributed by atoms with Crippen molar-refractivity contribution in [3.63, 3.8) is 0 Å². The van der Waals surface area contributed by atoms with E-state index in [1.807, 2.05) is 0 Å². The lowest BCUT2D eigenvalue weighted by molar-refractivity contribution is -0.161. The van der Waals surface area contributed by atoms with Crippen molar-refractivity contribution >= 4 is 39.5 Å². The number of phosphoric acid groups is 2. The van der Waals surface area contributed by atoms with Crippen molar-refractivity contribution in [2.75, 3.05) is 39.6 Å². The van der Waals surface area contributed by atoms with Gasteiger partial charge in [-0.15, -0.1) is 0 Å². The maximum Gasteiger partial charge on any atom is 0.472 e. The maximum atomic E-state index is 13.0. The maximum absolute atomic E-state index is 13.0. The number of carbonyl (C=O) groups excluding carboxylic acids is 4. The summed E-state index contributed by atoms with van der Waals surface area (Å²) in [6.45, 7) is 14.1. The SMILES string of the molecule is CCC(C)CCCCCCCCCCCCCCCCC(=O)O[C@H](COC(=O)CCCCCCCCCCC(C)C)COP(=O)(O)OC[C@@H](O)COP(=O)(O)OC[C@@H](COC(=O)CCCCCCCCC(C)C)OC(=O)CCCCCCCCCCCC(C)C. The molecule has 0 rings (SSSR count). The predicted molar refractivity (Wildman–Crippen MR) is 363 cm³/mol. The van der Waals surface area contributed by atoms with Crippen molar-refractivity contribution in [1.82, 2.24) is 0 Å². The van der Waals surface area contributed by atoms with Crippen molar-refractivity contribution in [2.24, 2.45) is 23.7 Å². The smallest absolute Gasteiger partial charge is 0.462 e. The van der Waals surface area contributed by atoms with Gasteiger partial charge in [0.15, 0.2) is 12.2 Å². The molecule has 0 radical (unpaired) electrons. The molecule has 0 amide bonds. The van der Waals surface area contributed by atoms with Crippen molar-refractivity contribution in [2.45, 2.75) is 369 Å². The first kappa shape index (κ1) is 88.1. The van der Waals surface area contributed by atoms with Crippen molar-refractivity contribution < 1.29 is 80.2 Å². The highest BCUT2D eigenvalue weighted by molar-refractivity contribution is 7.47. The molecule has 0 heterocycles. The fraction of sp³-hybridized carbons (Fsp3) is 0.944. The van der Waals surface area contributed by atoms with Crippen LogP contribution in [0.5, 0.6) is 0 Å². The molecule has 0 aliphatic rings. The Bertz CT molecular complexity index is 1780. The van der Waals surface area contributed by atoms with Crippen LogP contribution in [-0.4, -0.2) is 96.7 Å². The molecule has 3 N–H and O–H groups in total. The van der Waals surface area contributed by atoms with E-state index in [4.69, 9.17) is 37.0 Å². The number of ether oxygens (including phenoxy) is 4. The van der Waals surface area contributed by atoms with E-state index in [0.717, 1.165) is 114 Å². The normalized spacial score (nSPS) is 14.6. The number of carbonyl (C=O) groups is 4. The van der Waals surface area contributed by atoms with E-state index in [0.29, 0.717) is 31.6 Å². The van der Waals surface area contributed by atoms with Gasteiger partial charge in [-0.3, -0.25) is 37.3 Å². The number of hydrogen-bond donors (Lipinski definition) is 3. The van der Waals surface area contributed by atoms with Crippen molar-refractivity contribution in [3.05, 3.63) is 0 Å². The summed E-state index contributed by atoms with van der Waals surface area (Å²) >= 11 is 0. The second kappa shape index (κ2) is 60.7. The zero-order valence-electron chi connectivity index (χ0n) is 58.8. The van der Waals surface area contributed by atoms with Gasteiger partial charge in [-0.05, 0) is 49.4 Å². The Kier molecular flexibility index (Phi) is 59.4. The second-order valence-corrected chi connectivity index (χ2v) is 30.2. The van der Waals surface area contributed by atoms with Gasteiger partial charge in [-0.1, -0.05) is 299 Å². The first-order chi connectivity index (χ1) is 43.1. The van der Waals surface area contributed by atoms with Crippen LogP contribution in [0.3, 0.4) is 0 Å². The van der Waals surface area contributed by atoms with Gasteiger partial charge in [0.2, 0.25) is 0 Å².